The van der Waals surface area contributed by atoms with Crippen molar-refractivity contribution in [3.8, 4) is 17.2 Å². The van der Waals surface area contributed by atoms with Crippen LogP contribution in [0.2, 0.25) is 0 Å². The molecule has 0 aliphatic carbocycles. The maximum absolute atomic E-state index is 12.1. The van der Waals surface area contributed by atoms with E-state index in [0.717, 1.165) is 11.3 Å². The van der Waals surface area contributed by atoms with Gasteiger partial charge in [-0.3, -0.25) is 4.79 Å². The highest BCUT2D eigenvalue weighted by atomic mass is 16.6. The SMILES string of the molecule is CC(C)Oc1ccc(/C=N\NC(=O)[C@@H]2COc3ccccc3O2)cc1. The molecule has 1 N–H and O–H groups in total. The molecule has 1 amide bonds. The summed E-state index contributed by atoms with van der Waals surface area (Å²) in [6, 6.07) is 14.7. The summed E-state index contributed by atoms with van der Waals surface area (Å²) >= 11 is 0. The zero-order chi connectivity index (χ0) is 17.6. The molecular formula is C19H20N2O4. The molecule has 0 aromatic heterocycles. The Labute approximate surface area is 146 Å². The number of hydrogen-bond donors (Lipinski definition) is 1. The standard InChI is InChI=1S/C19H20N2O4/c1-13(2)24-15-9-7-14(8-10-15)11-20-21-19(22)18-12-23-16-5-3-4-6-17(16)25-18/h3-11,13,18H,12H2,1-2H3,(H,21,22)/b20-11-/t18-/m0/s1. The Balaban J connectivity index is 1.53. The molecule has 1 aliphatic heterocycles. The highest BCUT2D eigenvalue weighted by molar-refractivity contribution is 5.85. The topological polar surface area (TPSA) is 69.2 Å². The first-order chi connectivity index (χ1) is 12.1. The average Bonchev–Trinajstić information content (AvgIpc) is 2.62. The monoisotopic (exact) mass is 340 g/mol. The maximum atomic E-state index is 12.1. The van der Waals surface area contributed by atoms with Gasteiger partial charge in [-0.1, -0.05) is 12.1 Å². The van der Waals surface area contributed by atoms with E-state index in [0.29, 0.717) is 11.5 Å². The van der Waals surface area contributed by atoms with Crippen LogP contribution >= 0.6 is 0 Å². The van der Waals surface area contributed by atoms with Crippen LogP contribution in [0.4, 0.5) is 0 Å². The number of nitrogens with zero attached hydrogens (tertiary/aromatic N) is 1. The second-order valence-electron chi connectivity index (χ2n) is 5.83. The first-order valence-corrected chi connectivity index (χ1v) is 8.10. The van der Waals surface area contributed by atoms with Gasteiger partial charge in [-0.2, -0.15) is 5.10 Å². The molecule has 3 rings (SSSR count). The van der Waals surface area contributed by atoms with E-state index < -0.39 is 6.10 Å². The predicted molar refractivity (Wildman–Crippen MR) is 94.3 cm³/mol. The van der Waals surface area contributed by atoms with Crippen LogP contribution in [-0.4, -0.2) is 30.9 Å². The Morgan fingerprint density at radius 2 is 1.92 bits per heavy atom. The number of carbonyl (C=O) groups is 1. The Kier molecular flexibility index (Phi) is 5.18. The minimum atomic E-state index is -0.728. The van der Waals surface area contributed by atoms with Gasteiger partial charge in [0, 0.05) is 0 Å². The van der Waals surface area contributed by atoms with Crippen LogP contribution in [0.15, 0.2) is 53.6 Å². The van der Waals surface area contributed by atoms with E-state index in [1.807, 2.05) is 50.2 Å². The third-order valence-electron chi connectivity index (χ3n) is 3.44. The first-order valence-electron chi connectivity index (χ1n) is 8.10. The number of fused-ring (bicyclic) bond motifs is 1. The summed E-state index contributed by atoms with van der Waals surface area (Å²) in [6.07, 6.45) is 0.963. The fourth-order valence-corrected chi connectivity index (χ4v) is 2.30. The zero-order valence-electron chi connectivity index (χ0n) is 14.1. The second kappa shape index (κ2) is 7.70. The lowest BCUT2D eigenvalue weighted by atomic mass is 10.2. The minimum Gasteiger partial charge on any atom is -0.491 e. The number of amides is 1. The quantitative estimate of drug-likeness (QED) is 0.671. The summed E-state index contributed by atoms with van der Waals surface area (Å²) in [5.74, 6) is 1.63. The van der Waals surface area contributed by atoms with E-state index in [-0.39, 0.29) is 18.6 Å². The summed E-state index contributed by atoms with van der Waals surface area (Å²) in [7, 11) is 0. The molecule has 0 unspecified atom stereocenters. The normalized spacial score (nSPS) is 16.0. The third-order valence-corrected chi connectivity index (χ3v) is 3.44. The summed E-state index contributed by atoms with van der Waals surface area (Å²) in [6.45, 7) is 4.10. The van der Waals surface area contributed by atoms with Gasteiger partial charge in [0.1, 0.15) is 12.4 Å². The molecule has 2 aromatic carbocycles. The number of carbonyl (C=O) groups excluding carboxylic acids is 1. The van der Waals surface area contributed by atoms with E-state index in [2.05, 4.69) is 10.5 Å². The van der Waals surface area contributed by atoms with E-state index in [4.69, 9.17) is 14.2 Å². The number of nitrogens with one attached hydrogen (secondary N) is 1. The summed E-state index contributed by atoms with van der Waals surface area (Å²) in [5, 5.41) is 3.96. The summed E-state index contributed by atoms with van der Waals surface area (Å²) in [4.78, 5) is 12.1. The number of benzene rings is 2. The second-order valence-corrected chi connectivity index (χ2v) is 5.83. The van der Waals surface area contributed by atoms with Crippen molar-refractivity contribution in [1.29, 1.82) is 0 Å². The highest BCUT2D eigenvalue weighted by Crippen LogP contribution is 2.30. The van der Waals surface area contributed by atoms with Crippen molar-refractivity contribution >= 4 is 12.1 Å². The molecule has 0 saturated heterocycles. The molecule has 25 heavy (non-hydrogen) atoms. The largest absolute Gasteiger partial charge is 0.491 e. The molecule has 6 nitrogen and oxygen atoms in total. The minimum absolute atomic E-state index is 0.127. The molecule has 0 radical (unpaired) electrons. The molecule has 2 aromatic rings. The van der Waals surface area contributed by atoms with Gasteiger partial charge < -0.3 is 14.2 Å². The van der Waals surface area contributed by atoms with Crippen molar-refractivity contribution in [2.75, 3.05) is 6.61 Å². The molecular weight excluding hydrogens is 320 g/mol. The molecule has 130 valence electrons. The van der Waals surface area contributed by atoms with Crippen molar-refractivity contribution in [1.82, 2.24) is 5.43 Å². The van der Waals surface area contributed by atoms with Crippen molar-refractivity contribution < 1.29 is 19.0 Å². The fourth-order valence-electron chi connectivity index (χ4n) is 2.30. The number of hydrazone groups is 1. The van der Waals surface area contributed by atoms with Crippen LogP contribution in [0.1, 0.15) is 19.4 Å². The Morgan fingerprint density at radius 1 is 1.20 bits per heavy atom. The van der Waals surface area contributed by atoms with Gasteiger partial charge in [-0.15, -0.1) is 0 Å². The molecule has 6 heteroatoms. The lowest BCUT2D eigenvalue weighted by Gasteiger charge is -2.24. The van der Waals surface area contributed by atoms with Gasteiger partial charge in [0.05, 0.1) is 12.3 Å². The summed E-state index contributed by atoms with van der Waals surface area (Å²) < 4.78 is 16.7. The van der Waals surface area contributed by atoms with Crippen molar-refractivity contribution in [3.63, 3.8) is 0 Å². The van der Waals surface area contributed by atoms with E-state index in [9.17, 15) is 4.79 Å². The first kappa shape index (κ1) is 16.8. The van der Waals surface area contributed by atoms with Gasteiger partial charge in [0.25, 0.3) is 5.91 Å². The molecule has 1 aliphatic rings. The smallest absolute Gasteiger partial charge is 0.284 e. The number of para-hydroxylation sites is 2. The zero-order valence-corrected chi connectivity index (χ0v) is 14.1. The van der Waals surface area contributed by atoms with Gasteiger partial charge in [-0.05, 0) is 55.8 Å². The van der Waals surface area contributed by atoms with Gasteiger partial charge >= 0.3 is 0 Å². The Hall–Kier alpha value is -3.02. The van der Waals surface area contributed by atoms with Crippen LogP contribution in [0.5, 0.6) is 17.2 Å². The molecule has 0 saturated carbocycles. The van der Waals surface area contributed by atoms with Crippen molar-refractivity contribution in [3.05, 3.63) is 54.1 Å². The van der Waals surface area contributed by atoms with Crippen LogP contribution in [0.3, 0.4) is 0 Å². The lowest BCUT2D eigenvalue weighted by molar-refractivity contribution is -0.130. The maximum Gasteiger partial charge on any atom is 0.284 e. The Bertz CT molecular complexity index is 756. The van der Waals surface area contributed by atoms with Crippen LogP contribution < -0.4 is 19.6 Å². The van der Waals surface area contributed by atoms with Gasteiger partial charge in [0.2, 0.25) is 6.10 Å². The lowest BCUT2D eigenvalue weighted by Crippen LogP contribution is -2.42. The molecule has 1 heterocycles. The molecule has 0 spiro atoms. The van der Waals surface area contributed by atoms with Crippen molar-refractivity contribution in [2.45, 2.75) is 26.1 Å². The van der Waals surface area contributed by atoms with E-state index in [1.165, 1.54) is 0 Å². The van der Waals surface area contributed by atoms with Gasteiger partial charge in [0.15, 0.2) is 11.5 Å². The summed E-state index contributed by atoms with van der Waals surface area (Å²) in [5.41, 5.74) is 3.32. The fraction of sp³-hybridized carbons (Fsp3) is 0.263. The molecule has 0 fully saturated rings. The predicted octanol–water partition coefficient (Wildman–Crippen LogP) is 2.76. The highest BCUT2D eigenvalue weighted by Gasteiger charge is 2.26. The third kappa shape index (κ3) is 4.50. The van der Waals surface area contributed by atoms with E-state index in [1.54, 1.807) is 18.3 Å². The average molecular weight is 340 g/mol. The molecule has 0 bridgehead atoms. The van der Waals surface area contributed by atoms with Crippen molar-refractivity contribution in [2.24, 2.45) is 5.10 Å². The van der Waals surface area contributed by atoms with E-state index >= 15 is 0 Å². The Morgan fingerprint density at radius 3 is 2.64 bits per heavy atom. The number of ether oxygens (including phenoxy) is 3. The van der Waals surface area contributed by atoms with Gasteiger partial charge in [-0.25, -0.2) is 5.43 Å². The molecule has 1 atom stereocenters. The number of hydrogen-bond acceptors (Lipinski definition) is 5. The van der Waals surface area contributed by atoms with Crippen LogP contribution in [0.25, 0.3) is 0 Å². The van der Waals surface area contributed by atoms with Crippen LogP contribution in [-0.2, 0) is 4.79 Å². The van der Waals surface area contributed by atoms with Crippen LogP contribution in [0, 0.1) is 0 Å². The number of rotatable bonds is 5.